The quantitative estimate of drug-likeness (QED) is 0.649. The van der Waals surface area contributed by atoms with E-state index in [2.05, 4.69) is 44.9 Å². The third-order valence-corrected chi connectivity index (χ3v) is 4.18. The summed E-state index contributed by atoms with van der Waals surface area (Å²) in [5, 5.41) is 7.10. The van der Waals surface area contributed by atoms with Gasteiger partial charge in [-0.15, -0.1) is 0 Å². The van der Waals surface area contributed by atoms with Gasteiger partial charge in [-0.25, -0.2) is 4.98 Å². The number of nitrogens with zero attached hydrogens (tertiary/aromatic N) is 1. The van der Waals surface area contributed by atoms with E-state index in [9.17, 15) is 0 Å². The van der Waals surface area contributed by atoms with Crippen LogP contribution in [0.3, 0.4) is 0 Å². The maximum absolute atomic E-state index is 5.38. The first-order valence-corrected chi connectivity index (χ1v) is 7.77. The van der Waals surface area contributed by atoms with Gasteiger partial charge in [-0.05, 0) is 36.3 Å². The van der Waals surface area contributed by atoms with Crippen LogP contribution in [0.5, 0.6) is 0 Å². The number of rotatable bonds is 3. The smallest absolute Gasteiger partial charge is 0.207 e. The van der Waals surface area contributed by atoms with Crippen molar-refractivity contribution in [3.8, 4) is 0 Å². The predicted molar refractivity (Wildman–Crippen MR) is 93.0 cm³/mol. The molecule has 22 heavy (non-hydrogen) atoms. The van der Waals surface area contributed by atoms with Crippen molar-refractivity contribution in [1.29, 1.82) is 0 Å². The number of fused-ring (bicyclic) bond motifs is 1. The van der Waals surface area contributed by atoms with Crippen molar-refractivity contribution in [3.63, 3.8) is 0 Å². The molecule has 5 heteroatoms. The Balaban J connectivity index is 1.37. The summed E-state index contributed by atoms with van der Waals surface area (Å²) in [4.78, 5) is 7.68. The molecule has 3 N–H and O–H groups in total. The van der Waals surface area contributed by atoms with Gasteiger partial charge in [0.05, 0.1) is 11.0 Å². The van der Waals surface area contributed by atoms with Crippen LogP contribution in [0.25, 0.3) is 11.0 Å². The molecular weight excluding hydrogens is 292 g/mol. The van der Waals surface area contributed by atoms with Crippen LogP contribution < -0.4 is 10.6 Å². The fourth-order valence-electron chi connectivity index (χ4n) is 2.75. The molecule has 4 nitrogen and oxygen atoms in total. The number of hydrogen-bond acceptors (Lipinski definition) is 2. The number of H-pyrrole nitrogens is 1. The fourth-order valence-corrected chi connectivity index (χ4v) is 3.00. The van der Waals surface area contributed by atoms with Gasteiger partial charge in [0.1, 0.15) is 0 Å². The first kappa shape index (κ1) is 13.3. The SMILES string of the molecule is S=C(Nc1nc2ccccc2[nH]1)N[C@@H]1C[C@@H]1c1ccccc1. The lowest BCUT2D eigenvalue weighted by atomic mass is 10.1. The molecule has 0 saturated heterocycles. The Morgan fingerprint density at radius 1 is 1.09 bits per heavy atom. The number of aromatic nitrogens is 2. The molecule has 2 aromatic carbocycles. The zero-order valence-electron chi connectivity index (χ0n) is 11.9. The summed E-state index contributed by atoms with van der Waals surface area (Å²) in [7, 11) is 0. The van der Waals surface area contributed by atoms with E-state index in [-0.39, 0.29) is 0 Å². The minimum Gasteiger partial charge on any atom is -0.359 e. The largest absolute Gasteiger partial charge is 0.359 e. The molecule has 0 bridgehead atoms. The van der Waals surface area contributed by atoms with Gasteiger partial charge in [0.15, 0.2) is 5.11 Å². The van der Waals surface area contributed by atoms with Gasteiger partial charge in [0, 0.05) is 12.0 Å². The lowest BCUT2D eigenvalue weighted by molar-refractivity contribution is 0.876. The average molecular weight is 308 g/mol. The Bertz CT molecular complexity index is 779. The minimum absolute atomic E-state index is 0.409. The summed E-state index contributed by atoms with van der Waals surface area (Å²) >= 11 is 5.38. The lowest BCUT2D eigenvalue weighted by Gasteiger charge is -2.08. The lowest BCUT2D eigenvalue weighted by Crippen LogP contribution is -2.31. The first-order valence-electron chi connectivity index (χ1n) is 7.37. The van der Waals surface area contributed by atoms with Crippen LogP contribution in [0.2, 0.25) is 0 Å². The molecular formula is C17H16N4S. The minimum atomic E-state index is 0.409. The van der Waals surface area contributed by atoms with Gasteiger partial charge >= 0.3 is 0 Å². The summed E-state index contributed by atoms with van der Waals surface area (Å²) < 4.78 is 0. The first-order chi connectivity index (χ1) is 10.8. The van der Waals surface area contributed by atoms with E-state index >= 15 is 0 Å². The van der Waals surface area contributed by atoms with Crippen molar-refractivity contribution >= 4 is 34.3 Å². The van der Waals surface area contributed by atoms with Crippen LogP contribution in [-0.2, 0) is 0 Å². The van der Waals surface area contributed by atoms with Gasteiger partial charge in [-0.1, -0.05) is 42.5 Å². The maximum atomic E-state index is 5.38. The second-order valence-electron chi connectivity index (χ2n) is 5.56. The fraction of sp³-hybridized carbons (Fsp3) is 0.176. The highest BCUT2D eigenvalue weighted by Crippen LogP contribution is 2.40. The van der Waals surface area contributed by atoms with Crippen LogP contribution in [0.15, 0.2) is 54.6 Å². The van der Waals surface area contributed by atoms with E-state index in [1.54, 1.807) is 0 Å². The highest BCUT2D eigenvalue weighted by atomic mass is 32.1. The van der Waals surface area contributed by atoms with Crippen molar-refractivity contribution in [2.45, 2.75) is 18.4 Å². The second-order valence-corrected chi connectivity index (χ2v) is 5.97. The summed E-state index contributed by atoms with van der Waals surface area (Å²) in [6.45, 7) is 0. The number of aromatic amines is 1. The van der Waals surface area contributed by atoms with Crippen molar-refractivity contribution in [1.82, 2.24) is 15.3 Å². The zero-order valence-corrected chi connectivity index (χ0v) is 12.7. The number of anilines is 1. The molecule has 0 spiro atoms. The molecule has 1 aliphatic carbocycles. The van der Waals surface area contributed by atoms with Crippen molar-refractivity contribution in [2.24, 2.45) is 0 Å². The molecule has 0 aliphatic heterocycles. The Labute approximate surface area is 134 Å². The molecule has 0 radical (unpaired) electrons. The van der Waals surface area contributed by atoms with E-state index in [4.69, 9.17) is 12.2 Å². The van der Waals surface area contributed by atoms with E-state index in [0.717, 1.165) is 17.5 Å². The highest BCUT2D eigenvalue weighted by molar-refractivity contribution is 7.80. The summed E-state index contributed by atoms with van der Waals surface area (Å²) in [6.07, 6.45) is 1.12. The molecule has 1 heterocycles. The number of imidazole rings is 1. The van der Waals surface area contributed by atoms with Crippen molar-refractivity contribution in [3.05, 3.63) is 60.2 Å². The molecule has 2 atom stereocenters. The molecule has 3 aromatic rings. The van der Waals surface area contributed by atoms with Crippen LogP contribution in [0.1, 0.15) is 17.9 Å². The number of hydrogen-bond donors (Lipinski definition) is 3. The number of para-hydroxylation sites is 2. The molecule has 110 valence electrons. The van der Waals surface area contributed by atoms with Crippen LogP contribution in [-0.4, -0.2) is 21.1 Å². The van der Waals surface area contributed by atoms with Gasteiger partial charge in [-0.3, -0.25) is 0 Å². The van der Waals surface area contributed by atoms with Crippen LogP contribution in [0.4, 0.5) is 5.95 Å². The molecule has 1 fully saturated rings. The molecule has 1 saturated carbocycles. The maximum Gasteiger partial charge on any atom is 0.207 e. The predicted octanol–water partition coefficient (Wildman–Crippen LogP) is 3.41. The highest BCUT2D eigenvalue weighted by Gasteiger charge is 2.38. The summed E-state index contributed by atoms with van der Waals surface area (Å²) in [6, 6.07) is 18.9. The average Bonchev–Trinajstić information content (AvgIpc) is 3.17. The summed E-state index contributed by atoms with van der Waals surface area (Å²) in [5.74, 6) is 1.23. The monoisotopic (exact) mass is 308 g/mol. The van der Waals surface area contributed by atoms with Crippen molar-refractivity contribution in [2.75, 3.05) is 5.32 Å². The Hall–Kier alpha value is -2.40. The topological polar surface area (TPSA) is 52.7 Å². The second kappa shape index (κ2) is 5.42. The molecule has 0 unspecified atom stereocenters. The van der Waals surface area contributed by atoms with E-state index in [0.29, 0.717) is 23.0 Å². The molecule has 1 aliphatic rings. The standard InChI is InChI=1S/C17H16N4S/c22-17(20-15-10-12(15)11-6-2-1-3-7-11)21-16-18-13-8-4-5-9-14(13)19-16/h1-9,12,15H,10H2,(H3,18,19,20,21,22)/t12-,15-/m1/s1. The Morgan fingerprint density at radius 3 is 2.68 bits per heavy atom. The molecule has 0 amide bonds. The zero-order chi connectivity index (χ0) is 14.9. The molecule has 4 rings (SSSR count). The number of thiocarbonyl (C=S) groups is 1. The third kappa shape index (κ3) is 2.67. The summed E-state index contributed by atoms with van der Waals surface area (Å²) in [5.41, 5.74) is 3.30. The van der Waals surface area contributed by atoms with Gasteiger partial charge in [-0.2, -0.15) is 0 Å². The van der Waals surface area contributed by atoms with Crippen LogP contribution in [0, 0.1) is 0 Å². The van der Waals surface area contributed by atoms with E-state index in [1.165, 1.54) is 5.56 Å². The van der Waals surface area contributed by atoms with Gasteiger partial charge < -0.3 is 15.6 Å². The van der Waals surface area contributed by atoms with E-state index < -0.39 is 0 Å². The number of nitrogens with one attached hydrogen (secondary N) is 3. The number of benzene rings is 2. The molecule has 1 aromatic heterocycles. The van der Waals surface area contributed by atoms with E-state index in [1.807, 2.05) is 30.3 Å². The van der Waals surface area contributed by atoms with Crippen molar-refractivity contribution < 1.29 is 0 Å². The van der Waals surface area contributed by atoms with Gasteiger partial charge in [0.25, 0.3) is 0 Å². The van der Waals surface area contributed by atoms with Gasteiger partial charge in [0.2, 0.25) is 5.95 Å². The Morgan fingerprint density at radius 2 is 1.86 bits per heavy atom. The van der Waals surface area contributed by atoms with Crippen LogP contribution >= 0.6 is 12.2 Å². The Kier molecular flexibility index (Phi) is 3.27. The third-order valence-electron chi connectivity index (χ3n) is 3.96. The normalized spacial score (nSPS) is 19.8.